The first-order valence-corrected chi connectivity index (χ1v) is 4.37. The van der Waals surface area contributed by atoms with E-state index < -0.39 is 6.10 Å². The zero-order chi connectivity index (χ0) is 9.84. The van der Waals surface area contributed by atoms with Crippen LogP contribution in [0.2, 0.25) is 0 Å². The van der Waals surface area contributed by atoms with Crippen molar-refractivity contribution >= 4 is 0 Å². The van der Waals surface area contributed by atoms with E-state index in [4.69, 9.17) is 5.11 Å². The molecule has 72 valence electrons. The molecule has 4 heteroatoms. The summed E-state index contributed by atoms with van der Waals surface area (Å²) in [6.07, 6.45) is 1.71. The third kappa shape index (κ3) is 2.66. The van der Waals surface area contributed by atoms with Gasteiger partial charge in [-0.25, -0.2) is 4.98 Å². The van der Waals surface area contributed by atoms with Crippen molar-refractivity contribution in [3.05, 3.63) is 28.4 Å². The van der Waals surface area contributed by atoms with Crippen LogP contribution in [0.1, 0.15) is 19.5 Å². The van der Waals surface area contributed by atoms with Gasteiger partial charge >= 0.3 is 0 Å². The van der Waals surface area contributed by atoms with Crippen LogP contribution in [0.15, 0.2) is 17.2 Å². The van der Waals surface area contributed by atoms with Crippen molar-refractivity contribution in [2.45, 2.75) is 32.9 Å². The molecule has 0 amide bonds. The molecule has 1 N–H and O–H groups in total. The second kappa shape index (κ2) is 4.18. The number of rotatable bonds is 3. The van der Waals surface area contributed by atoms with Gasteiger partial charge in [-0.05, 0) is 13.3 Å². The Morgan fingerprint density at radius 2 is 2.38 bits per heavy atom. The third-order valence-electron chi connectivity index (χ3n) is 1.76. The van der Waals surface area contributed by atoms with E-state index in [1.54, 1.807) is 6.92 Å². The summed E-state index contributed by atoms with van der Waals surface area (Å²) < 4.78 is 1.41. The fourth-order valence-corrected chi connectivity index (χ4v) is 1.08. The molecular weight excluding hydrogens is 168 g/mol. The zero-order valence-electron chi connectivity index (χ0n) is 7.90. The number of aliphatic hydroxyl groups excluding tert-OH is 1. The number of nitrogens with zero attached hydrogens (tertiary/aromatic N) is 2. The Bertz CT molecular complexity index is 331. The molecule has 1 aromatic heterocycles. The summed E-state index contributed by atoms with van der Waals surface area (Å²) in [6, 6.07) is 1.50. The average molecular weight is 182 g/mol. The van der Waals surface area contributed by atoms with Crippen LogP contribution in [0.5, 0.6) is 0 Å². The van der Waals surface area contributed by atoms with Crippen LogP contribution in [-0.2, 0) is 13.0 Å². The van der Waals surface area contributed by atoms with Gasteiger partial charge in [-0.2, -0.15) is 0 Å². The number of aliphatic hydroxyl groups is 1. The molecule has 1 aromatic rings. The molecule has 0 aliphatic heterocycles. The Hall–Kier alpha value is -1.16. The standard InChI is InChI=1S/C9H14N2O2/c1-3-8-4-9(13)11(6-10-8)5-7(2)12/h4,6-7,12H,3,5H2,1-2H3. The van der Waals surface area contributed by atoms with Gasteiger partial charge in [-0.1, -0.05) is 6.92 Å². The molecular formula is C9H14N2O2. The quantitative estimate of drug-likeness (QED) is 0.725. The van der Waals surface area contributed by atoms with E-state index in [1.807, 2.05) is 6.92 Å². The first-order valence-electron chi connectivity index (χ1n) is 4.37. The van der Waals surface area contributed by atoms with Crippen molar-refractivity contribution in [2.24, 2.45) is 0 Å². The van der Waals surface area contributed by atoms with Gasteiger partial charge < -0.3 is 5.11 Å². The summed E-state index contributed by atoms with van der Waals surface area (Å²) in [7, 11) is 0. The highest BCUT2D eigenvalue weighted by Gasteiger charge is 2.01. The van der Waals surface area contributed by atoms with Crippen molar-refractivity contribution in [2.75, 3.05) is 0 Å². The Morgan fingerprint density at radius 3 is 2.85 bits per heavy atom. The maximum absolute atomic E-state index is 11.3. The maximum Gasteiger partial charge on any atom is 0.253 e. The van der Waals surface area contributed by atoms with Gasteiger partial charge in [0.05, 0.1) is 19.0 Å². The van der Waals surface area contributed by atoms with Gasteiger partial charge in [0.15, 0.2) is 0 Å². The van der Waals surface area contributed by atoms with E-state index in [-0.39, 0.29) is 5.56 Å². The van der Waals surface area contributed by atoms with Gasteiger partial charge in [0.1, 0.15) is 0 Å². The van der Waals surface area contributed by atoms with E-state index in [9.17, 15) is 4.79 Å². The van der Waals surface area contributed by atoms with Gasteiger partial charge in [-0.15, -0.1) is 0 Å². The second-order valence-corrected chi connectivity index (χ2v) is 3.07. The molecule has 0 aromatic carbocycles. The van der Waals surface area contributed by atoms with Crippen LogP contribution in [0.4, 0.5) is 0 Å². The van der Waals surface area contributed by atoms with E-state index in [0.29, 0.717) is 6.54 Å². The predicted octanol–water partition coefficient (Wildman–Crippen LogP) is 0.187. The van der Waals surface area contributed by atoms with Crippen LogP contribution in [-0.4, -0.2) is 20.8 Å². The molecule has 1 unspecified atom stereocenters. The van der Waals surface area contributed by atoms with Crippen molar-refractivity contribution in [1.82, 2.24) is 9.55 Å². The van der Waals surface area contributed by atoms with E-state index in [1.165, 1.54) is 17.0 Å². The van der Waals surface area contributed by atoms with Crippen LogP contribution < -0.4 is 5.56 Å². The Balaban J connectivity index is 2.92. The molecule has 0 aliphatic carbocycles. The fraction of sp³-hybridized carbons (Fsp3) is 0.556. The smallest absolute Gasteiger partial charge is 0.253 e. The van der Waals surface area contributed by atoms with Crippen LogP contribution in [0, 0.1) is 0 Å². The van der Waals surface area contributed by atoms with Crippen molar-refractivity contribution in [3.8, 4) is 0 Å². The Kier molecular flexibility index (Phi) is 3.19. The third-order valence-corrected chi connectivity index (χ3v) is 1.76. The Morgan fingerprint density at radius 1 is 1.69 bits per heavy atom. The minimum atomic E-state index is -0.521. The monoisotopic (exact) mass is 182 g/mol. The molecule has 13 heavy (non-hydrogen) atoms. The minimum absolute atomic E-state index is 0.104. The lowest BCUT2D eigenvalue weighted by atomic mass is 10.3. The van der Waals surface area contributed by atoms with E-state index in [0.717, 1.165) is 12.1 Å². The molecule has 1 atom stereocenters. The van der Waals surface area contributed by atoms with Gasteiger partial charge in [0.2, 0.25) is 0 Å². The van der Waals surface area contributed by atoms with Gasteiger partial charge in [0, 0.05) is 11.8 Å². The van der Waals surface area contributed by atoms with Crippen molar-refractivity contribution in [3.63, 3.8) is 0 Å². The average Bonchev–Trinajstić information content (AvgIpc) is 2.08. The molecule has 0 radical (unpaired) electrons. The number of aromatic nitrogens is 2. The molecule has 0 bridgehead atoms. The summed E-state index contributed by atoms with van der Waals surface area (Å²) in [4.78, 5) is 15.4. The SMILES string of the molecule is CCc1cc(=O)n(CC(C)O)cn1. The molecule has 1 heterocycles. The lowest BCUT2D eigenvalue weighted by Gasteiger charge is -2.07. The van der Waals surface area contributed by atoms with Crippen LogP contribution in [0.3, 0.4) is 0 Å². The first kappa shape index (κ1) is 9.92. The van der Waals surface area contributed by atoms with E-state index in [2.05, 4.69) is 4.98 Å². The second-order valence-electron chi connectivity index (χ2n) is 3.07. The maximum atomic E-state index is 11.3. The molecule has 0 saturated heterocycles. The molecule has 1 rings (SSSR count). The highest BCUT2D eigenvalue weighted by Crippen LogP contribution is 1.91. The number of aryl methyl sites for hydroxylation is 1. The summed E-state index contributed by atoms with van der Waals surface area (Å²) in [6.45, 7) is 3.89. The highest BCUT2D eigenvalue weighted by molar-refractivity contribution is 4.98. The van der Waals surface area contributed by atoms with Gasteiger partial charge in [-0.3, -0.25) is 9.36 Å². The largest absolute Gasteiger partial charge is 0.392 e. The molecule has 0 fully saturated rings. The summed E-state index contributed by atoms with van der Waals surface area (Å²) in [5, 5.41) is 9.07. The molecule has 0 aliphatic rings. The number of hydrogen-bond acceptors (Lipinski definition) is 3. The lowest BCUT2D eigenvalue weighted by molar-refractivity contribution is 0.171. The minimum Gasteiger partial charge on any atom is -0.392 e. The summed E-state index contributed by atoms with van der Waals surface area (Å²) in [5.74, 6) is 0. The van der Waals surface area contributed by atoms with Crippen LogP contribution in [0.25, 0.3) is 0 Å². The number of hydrogen-bond donors (Lipinski definition) is 1. The van der Waals surface area contributed by atoms with Gasteiger partial charge in [0.25, 0.3) is 5.56 Å². The zero-order valence-corrected chi connectivity index (χ0v) is 7.90. The first-order chi connectivity index (χ1) is 6.13. The van der Waals surface area contributed by atoms with Crippen molar-refractivity contribution < 1.29 is 5.11 Å². The van der Waals surface area contributed by atoms with E-state index >= 15 is 0 Å². The Labute approximate surface area is 76.9 Å². The molecule has 0 saturated carbocycles. The van der Waals surface area contributed by atoms with Crippen LogP contribution >= 0.6 is 0 Å². The topological polar surface area (TPSA) is 55.1 Å². The highest BCUT2D eigenvalue weighted by atomic mass is 16.3. The summed E-state index contributed by atoms with van der Waals surface area (Å²) in [5.41, 5.74) is 0.680. The van der Waals surface area contributed by atoms with Crippen molar-refractivity contribution in [1.29, 1.82) is 0 Å². The predicted molar refractivity (Wildman–Crippen MR) is 49.6 cm³/mol. The summed E-state index contributed by atoms with van der Waals surface area (Å²) >= 11 is 0. The normalized spacial score (nSPS) is 12.8. The molecule has 4 nitrogen and oxygen atoms in total. The molecule has 0 spiro atoms. The fourth-order valence-electron chi connectivity index (χ4n) is 1.08. The lowest BCUT2D eigenvalue weighted by Crippen LogP contribution is -2.25.